The number of hydrogen-bond donors (Lipinski definition) is 2. The zero-order chi connectivity index (χ0) is 13.1. The molecule has 2 unspecified atom stereocenters. The SMILES string of the molecule is NCC(c1cccs1)C(O)c1ccc(F)c(F)c1. The fourth-order valence-electron chi connectivity index (χ4n) is 1.83. The highest BCUT2D eigenvalue weighted by Gasteiger charge is 2.23. The van der Waals surface area contributed by atoms with E-state index in [0.717, 1.165) is 17.0 Å². The maximum Gasteiger partial charge on any atom is 0.159 e. The Kier molecular flexibility index (Phi) is 4.06. The molecule has 1 heterocycles. The Morgan fingerprint density at radius 1 is 1.22 bits per heavy atom. The molecule has 0 radical (unpaired) electrons. The normalized spacial score (nSPS) is 14.4. The van der Waals surface area contributed by atoms with E-state index in [9.17, 15) is 13.9 Å². The maximum atomic E-state index is 13.1. The van der Waals surface area contributed by atoms with E-state index in [1.54, 1.807) is 0 Å². The molecule has 0 amide bonds. The predicted molar refractivity (Wildman–Crippen MR) is 67.4 cm³/mol. The third-order valence-corrected chi connectivity index (χ3v) is 3.83. The van der Waals surface area contributed by atoms with Gasteiger partial charge in [-0.3, -0.25) is 0 Å². The van der Waals surface area contributed by atoms with Gasteiger partial charge in [-0.25, -0.2) is 8.78 Å². The van der Waals surface area contributed by atoms with Gasteiger partial charge in [-0.05, 0) is 29.1 Å². The molecule has 0 aliphatic rings. The summed E-state index contributed by atoms with van der Waals surface area (Å²) in [6.45, 7) is 0.237. The lowest BCUT2D eigenvalue weighted by Crippen LogP contribution is -2.19. The standard InChI is InChI=1S/C13H13F2NOS/c14-10-4-3-8(6-11(10)15)13(17)9(7-16)12-2-1-5-18-12/h1-6,9,13,17H,7,16H2. The largest absolute Gasteiger partial charge is 0.388 e. The third kappa shape index (κ3) is 2.58. The van der Waals surface area contributed by atoms with E-state index >= 15 is 0 Å². The average molecular weight is 269 g/mol. The Morgan fingerprint density at radius 2 is 2.00 bits per heavy atom. The van der Waals surface area contributed by atoms with Crippen LogP contribution in [0.25, 0.3) is 0 Å². The van der Waals surface area contributed by atoms with Crippen LogP contribution in [0.4, 0.5) is 8.78 Å². The van der Waals surface area contributed by atoms with Gasteiger partial charge in [-0.1, -0.05) is 12.1 Å². The molecule has 0 saturated carbocycles. The van der Waals surface area contributed by atoms with Crippen molar-refractivity contribution >= 4 is 11.3 Å². The van der Waals surface area contributed by atoms with Gasteiger partial charge in [0.05, 0.1) is 6.10 Å². The topological polar surface area (TPSA) is 46.2 Å². The Hall–Kier alpha value is -1.30. The lowest BCUT2D eigenvalue weighted by Gasteiger charge is -2.20. The van der Waals surface area contributed by atoms with Crippen LogP contribution in [0.3, 0.4) is 0 Å². The van der Waals surface area contributed by atoms with E-state index in [0.29, 0.717) is 5.56 Å². The molecule has 2 aromatic rings. The molecule has 18 heavy (non-hydrogen) atoms. The summed E-state index contributed by atoms with van der Waals surface area (Å²) in [6, 6.07) is 7.12. The first kappa shape index (κ1) is 13.1. The van der Waals surface area contributed by atoms with Crippen LogP contribution in [0.1, 0.15) is 22.5 Å². The summed E-state index contributed by atoms with van der Waals surface area (Å²) in [5.41, 5.74) is 5.98. The molecule has 0 aliphatic heterocycles. The molecule has 0 saturated heterocycles. The lowest BCUT2D eigenvalue weighted by atomic mass is 9.94. The summed E-state index contributed by atoms with van der Waals surface area (Å²) in [7, 11) is 0. The number of nitrogens with two attached hydrogens (primary N) is 1. The molecule has 2 atom stereocenters. The second-order valence-corrected chi connectivity index (χ2v) is 4.96. The Bertz CT molecular complexity index is 516. The quantitative estimate of drug-likeness (QED) is 0.896. The summed E-state index contributed by atoms with van der Waals surface area (Å²) in [6.07, 6.45) is -0.941. The van der Waals surface area contributed by atoms with Crippen molar-refractivity contribution < 1.29 is 13.9 Å². The molecule has 3 N–H and O–H groups in total. The minimum absolute atomic E-state index is 0.237. The van der Waals surface area contributed by atoms with Crippen LogP contribution in [-0.2, 0) is 0 Å². The van der Waals surface area contributed by atoms with Crippen LogP contribution in [0.5, 0.6) is 0 Å². The van der Waals surface area contributed by atoms with Crippen molar-refractivity contribution in [1.82, 2.24) is 0 Å². The van der Waals surface area contributed by atoms with Gasteiger partial charge in [0.25, 0.3) is 0 Å². The zero-order valence-electron chi connectivity index (χ0n) is 9.51. The first-order valence-corrected chi connectivity index (χ1v) is 6.38. The molecule has 5 heteroatoms. The van der Waals surface area contributed by atoms with Gasteiger partial charge in [-0.15, -0.1) is 11.3 Å². The van der Waals surface area contributed by atoms with Crippen molar-refractivity contribution in [2.75, 3.05) is 6.54 Å². The maximum absolute atomic E-state index is 13.1. The van der Waals surface area contributed by atoms with Crippen molar-refractivity contribution in [2.24, 2.45) is 5.73 Å². The summed E-state index contributed by atoms with van der Waals surface area (Å²) < 4.78 is 26.0. The van der Waals surface area contributed by atoms with Gasteiger partial charge < -0.3 is 10.8 Å². The van der Waals surface area contributed by atoms with Gasteiger partial charge in [-0.2, -0.15) is 0 Å². The van der Waals surface area contributed by atoms with Gasteiger partial charge >= 0.3 is 0 Å². The van der Waals surface area contributed by atoms with E-state index in [1.165, 1.54) is 17.4 Å². The van der Waals surface area contributed by atoms with Crippen LogP contribution in [0.15, 0.2) is 35.7 Å². The summed E-state index contributed by atoms with van der Waals surface area (Å²) in [4.78, 5) is 0.926. The summed E-state index contributed by atoms with van der Waals surface area (Å²) in [5.74, 6) is -2.20. The van der Waals surface area contributed by atoms with Crippen LogP contribution >= 0.6 is 11.3 Å². The molecule has 2 rings (SSSR count). The smallest absolute Gasteiger partial charge is 0.159 e. The fourth-order valence-corrected chi connectivity index (χ4v) is 2.70. The van der Waals surface area contributed by atoms with Crippen LogP contribution in [0, 0.1) is 11.6 Å². The Morgan fingerprint density at radius 3 is 2.56 bits per heavy atom. The molecular formula is C13H13F2NOS. The van der Waals surface area contributed by atoms with Crippen LogP contribution in [0.2, 0.25) is 0 Å². The Balaban J connectivity index is 2.28. The Labute approximate surface area is 108 Å². The van der Waals surface area contributed by atoms with E-state index in [-0.39, 0.29) is 12.5 Å². The molecule has 96 valence electrons. The van der Waals surface area contributed by atoms with Crippen molar-refractivity contribution in [3.63, 3.8) is 0 Å². The molecule has 0 spiro atoms. The molecule has 0 fully saturated rings. The second-order valence-electron chi connectivity index (χ2n) is 3.98. The lowest BCUT2D eigenvalue weighted by molar-refractivity contribution is 0.148. The highest BCUT2D eigenvalue weighted by atomic mass is 32.1. The molecular weight excluding hydrogens is 256 g/mol. The number of rotatable bonds is 4. The first-order valence-electron chi connectivity index (χ1n) is 5.50. The number of thiophene rings is 1. The first-order chi connectivity index (χ1) is 8.63. The van der Waals surface area contributed by atoms with E-state index in [2.05, 4.69) is 0 Å². The number of hydrogen-bond acceptors (Lipinski definition) is 3. The van der Waals surface area contributed by atoms with Crippen molar-refractivity contribution in [1.29, 1.82) is 0 Å². The highest BCUT2D eigenvalue weighted by molar-refractivity contribution is 7.10. The van der Waals surface area contributed by atoms with Gasteiger partial charge in [0.15, 0.2) is 11.6 Å². The molecule has 0 aliphatic carbocycles. The monoisotopic (exact) mass is 269 g/mol. The number of aliphatic hydroxyl groups is 1. The number of benzene rings is 1. The van der Waals surface area contributed by atoms with Crippen molar-refractivity contribution in [3.8, 4) is 0 Å². The summed E-state index contributed by atoms with van der Waals surface area (Å²) in [5, 5.41) is 12.1. The van der Waals surface area contributed by atoms with Gasteiger partial charge in [0.2, 0.25) is 0 Å². The van der Waals surface area contributed by atoms with Gasteiger partial charge in [0.1, 0.15) is 0 Å². The van der Waals surface area contributed by atoms with Crippen LogP contribution in [-0.4, -0.2) is 11.7 Å². The number of halogens is 2. The fraction of sp³-hybridized carbons (Fsp3) is 0.231. The van der Waals surface area contributed by atoms with Crippen molar-refractivity contribution in [3.05, 3.63) is 57.8 Å². The van der Waals surface area contributed by atoms with Crippen LogP contribution < -0.4 is 5.73 Å². The average Bonchev–Trinajstić information content (AvgIpc) is 2.87. The molecule has 0 bridgehead atoms. The zero-order valence-corrected chi connectivity index (χ0v) is 10.3. The number of aliphatic hydroxyl groups excluding tert-OH is 1. The minimum Gasteiger partial charge on any atom is -0.388 e. The highest BCUT2D eigenvalue weighted by Crippen LogP contribution is 2.33. The predicted octanol–water partition coefficient (Wildman–Crippen LogP) is 2.80. The van der Waals surface area contributed by atoms with E-state index in [1.807, 2.05) is 17.5 Å². The minimum atomic E-state index is -0.964. The second kappa shape index (κ2) is 5.56. The van der Waals surface area contributed by atoms with Crippen molar-refractivity contribution in [2.45, 2.75) is 12.0 Å². The van der Waals surface area contributed by atoms with Gasteiger partial charge in [0, 0.05) is 17.3 Å². The molecule has 2 nitrogen and oxygen atoms in total. The summed E-state index contributed by atoms with van der Waals surface area (Å²) >= 11 is 1.48. The third-order valence-electron chi connectivity index (χ3n) is 2.83. The van der Waals surface area contributed by atoms with E-state index < -0.39 is 17.7 Å². The molecule has 1 aromatic heterocycles. The van der Waals surface area contributed by atoms with E-state index in [4.69, 9.17) is 5.73 Å². The molecule has 1 aromatic carbocycles.